The van der Waals surface area contributed by atoms with Gasteiger partial charge < -0.3 is 14.0 Å². The highest BCUT2D eigenvalue weighted by Gasteiger charge is 2.22. The van der Waals surface area contributed by atoms with Crippen LogP contribution in [0.25, 0.3) is 0 Å². The number of hydrogen-bond donors (Lipinski definition) is 0. The lowest BCUT2D eigenvalue weighted by molar-refractivity contribution is 0.101. The number of ketones is 1. The van der Waals surface area contributed by atoms with E-state index >= 15 is 0 Å². The average molecular weight is 375 g/mol. The molecule has 2 aromatic rings. The molecule has 0 unspecified atom stereocenters. The highest BCUT2D eigenvalue weighted by Crippen LogP contribution is 2.33. The number of rotatable bonds is 7. The van der Waals surface area contributed by atoms with Crippen molar-refractivity contribution >= 4 is 17.5 Å². The van der Waals surface area contributed by atoms with E-state index < -0.39 is 0 Å². The molecule has 1 saturated carbocycles. The summed E-state index contributed by atoms with van der Waals surface area (Å²) in [6, 6.07) is 5.70. The van der Waals surface area contributed by atoms with E-state index in [1.165, 1.54) is 31.0 Å². The lowest BCUT2D eigenvalue weighted by atomic mass is 9.95. The molecule has 7 heteroatoms. The van der Waals surface area contributed by atoms with Crippen molar-refractivity contribution in [3.8, 4) is 11.5 Å². The Bertz CT molecular complexity index is 769. The molecular formula is C19H25N3O3S. The summed E-state index contributed by atoms with van der Waals surface area (Å²) in [6.45, 7) is 1.99. The minimum Gasteiger partial charge on any atom is -0.497 e. The summed E-state index contributed by atoms with van der Waals surface area (Å²) in [6.07, 6.45) is 6.11. The first-order valence-corrected chi connectivity index (χ1v) is 9.92. The number of ether oxygens (including phenoxy) is 2. The molecule has 1 fully saturated rings. The van der Waals surface area contributed by atoms with Crippen molar-refractivity contribution in [2.75, 3.05) is 20.0 Å². The number of aromatic nitrogens is 3. The second kappa shape index (κ2) is 8.58. The first kappa shape index (κ1) is 18.8. The molecule has 3 rings (SSSR count). The number of methoxy groups -OCH3 is 2. The minimum absolute atomic E-state index is 0.00495. The maximum absolute atomic E-state index is 12.7. The number of benzene rings is 1. The van der Waals surface area contributed by atoms with Crippen molar-refractivity contribution in [3.63, 3.8) is 0 Å². The number of thioether (sulfide) groups is 1. The van der Waals surface area contributed by atoms with Crippen molar-refractivity contribution in [3.05, 3.63) is 29.6 Å². The highest BCUT2D eigenvalue weighted by molar-refractivity contribution is 7.99. The highest BCUT2D eigenvalue weighted by atomic mass is 32.2. The summed E-state index contributed by atoms with van der Waals surface area (Å²) in [7, 11) is 3.15. The van der Waals surface area contributed by atoms with E-state index in [4.69, 9.17) is 9.47 Å². The van der Waals surface area contributed by atoms with Crippen molar-refractivity contribution in [1.82, 2.24) is 14.8 Å². The largest absolute Gasteiger partial charge is 0.497 e. The van der Waals surface area contributed by atoms with Gasteiger partial charge in [0.25, 0.3) is 0 Å². The number of nitrogens with zero attached hydrogens (tertiary/aromatic N) is 3. The van der Waals surface area contributed by atoms with Gasteiger partial charge in [-0.1, -0.05) is 31.0 Å². The third-order valence-electron chi connectivity index (χ3n) is 4.82. The second-order valence-corrected chi connectivity index (χ2v) is 7.41. The summed E-state index contributed by atoms with van der Waals surface area (Å²) in [5.74, 6) is 2.42. The number of carbonyl (C=O) groups is 1. The molecule has 0 amide bonds. The Balaban J connectivity index is 1.72. The van der Waals surface area contributed by atoms with Gasteiger partial charge in [0.2, 0.25) is 0 Å². The van der Waals surface area contributed by atoms with Crippen LogP contribution in [0.15, 0.2) is 23.4 Å². The first-order chi connectivity index (χ1) is 12.6. The fourth-order valence-electron chi connectivity index (χ4n) is 3.44. The Hall–Kier alpha value is -2.02. The van der Waals surface area contributed by atoms with Gasteiger partial charge in [-0.25, -0.2) is 0 Å². The van der Waals surface area contributed by atoms with Crippen molar-refractivity contribution in [2.24, 2.45) is 0 Å². The quantitative estimate of drug-likeness (QED) is 0.536. The summed E-state index contributed by atoms with van der Waals surface area (Å²) < 4.78 is 12.7. The van der Waals surface area contributed by atoms with Crippen LogP contribution in [0.2, 0.25) is 0 Å². The molecule has 1 aliphatic rings. The fraction of sp³-hybridized carbons (Fsp3) is 0.526. The third kappa shape index (κ3) is 4.03. The summed E-state index contributed by atoms with van der Waals surface area (Å²) in [5.41, 5.74) is 0.557. The minimum atomic E-state index is 0.00495. The van der Waals surface area contributed by atoms with Crippen molar-refractivity contribution in [2.45, 2.75) is 50.2 Å². The van der Waals surface area contributed by atoms with Crippen LogP contribution in [0.5, 0.6) is 11.5 Å². The smallest absolute Gasteiger partial charge is 0.191 e. The third-order valence-corrected chi connectivity index (χ3v) is 5.76. The molecule has 1 aliphatic carbocycles. The Kier molecular flexibility index (Phi) is 6.19. The first-order valence-electron chi connectivity index (χ1n) is 8.93. The number of hydrogen-bond acceptors (Lipinski definition) is 6. The topological polar surface area (TPSA) is 66.2 Å². The molecule has 1 aromatic heterocycles. The number of aryl methyl sites for hydroxylation is 1. The van der Waals surface area contributed by atoms with Gasteiger partial charge in [-0.05, 0) is 31.9 Å². The molecule has 1 aromatic carbocycles. The molecular weight excluding hydrogens is 350 g/mol. The van der Waals surface area contributed by atoms with E-state index in [2.05, 4.69) is 14.8 Å². The van der Waals surface area contributed by atoms with Crippen LogP contribution in [0.4, 0.5) is 0 Å². The molecule has 1 heterocycles. The summed E-state index contributed by atoms with van der Waals surface area (Å²) in [5, 5.41) is 9.37. The lowest BCUT2D eigenvalue weighted by Gasteiger charge is -2.24. The monoisotopic (exact) mass is 375 g/mol. The molecule has 0 aliphatic heterocycles. The van der Waals surface area contributed by atoms with Gasteiger partial charge in [0, 0.05) is 12.1 Å². The van der Waals surface area contributed by atoms with E-state index in [0.29, 0.717) is 28.9 Å². The Morgan fingerprint density at radius 2 is 1.96 bits per heavy atom. The molecule has 6 nitrogen and oxygen atoms in total. The van der Waals surface area contributed by atoms with Crippen LogP contribution in [0.3, 0.4) is 0 Å². The fourth-order valence-corrected chi connectivity index (χ4v) is 4.38. The van der Waals surface area contributed by atoms with E-state index in [-0.39, 0.29) is 5.78 Å². The van der Waals surface area contributed by atoms with Gasteiger partial charge in [0.15, 0.2) is 10.9 Å². The predicted octanol–water partition coefficient (Wildman–Crippen LogP) is 4.08. The predicted molar refractivity (Wildman–Crippen MR) is 101 cm³/mol. The van der Waals surface area contributed by atoms with Crippen LogP contribution in [-0.4, -0.2) is 40.5 Å². The van der Waals surface area contributed by atoms with Crippen LogP contribution >= 0.6 is 11.8 Å². The van der Waals surface area contributed by atoms with Gasteiger partial charge in [-0.3, -0.25) is 4.79 Å². The number of Topliss-reactive ketones (excluding diaryl/α,β-unsaturated/α-hetero) is 1. The van der Waals surface area contributed by atoms with E-state index in [1.807, 2.05) is 6.92 Å². The van der Waals surface area contributed by atoms with E-state index in [1.54, 1.807) is 32.4 Å². The average Bonchev–Trinajstić information content (AvgIpc) is 3.06. The van der Waals surface area contributed by atoms with Crippen molar-refractivity contribution in [1.29, 1.82) is 0 Å². The van der Waals surface area contributed by atoms with Crippen LogP contribution in [0, 0.1) is 6.92 Å². The molecule has 0 radical (unpaired) electrons. The van der Waals surface area contributed by atoms with Gasteiger partial charge in [0.1, 0.15) is 17.3 Å². The van der Waals surface area contributed by atoms with Gasteiger partial charge in [0.05, 0.1) is 25.5 Å². The molecule has 0 bridgehead atoms. The van der Waals surface area contributed by atoms with Crippen LogP contribution in [-0.2, 0) is 0 Å². The molecule has 26 heavy (non-hydrogen) atoms. The SMILES string of the molecule is COc1ccc(C(=O)CSc2nnc(C)n2C2CCCCC2)c(OC)c1. The van der Waals surface area contributed by atoms with Crippen molar-refractivity contribution < 1.29 is 14.3 Å². The lowest BCUT2D eigenvalue weighted by Crippen LogP contribution is -2.15. The summed E-state index contributed by atoms with van der Waals surface area (Å²) in [4.78, 5) is 12.7. The Labute approximate surface area is 158 Å². The standard InChI is InChI=1S/C19H25N3O3S/c1-13-20-21-19(22(13)14-7-5-4-6-8-14)26-12-17(23)16-10-9-15(24-2)11-18(16)25-3/h9-11,14H,4-8,12H2,1-3H3. The maximum atomic E-state index is 12.7. The van der Waals surface area contributed by atoms with Crippen LogP contribution < -0.4 is 9.47 Å². The Morgan fingerprint density at radius 1 is 1.19 bits per heavy atom. The van der Waals surface area contributed by atoms with Gasteiger partial charge in [-0.15, -0.1) is 10.2 Å². The van der Waals surface area contributed by atoms with E-state index in [9.17, 15) is 4.79 Å². The normalized spacial score (nSPS) is 15.0. The molecule has 0 spiro atoms. The van der Waals surface area contributed by atoms with Gasteiger partial charge in [-0.2, -0.15) is 0 Å². The van der Waals surface area contributed by atoms with Crippen LogP contribution in [0.1, 0.15) is 54.3 Å². The molecule has 0 atom stereocenters. The summed E-state index contributed by atoms with van der Waals surface area (Å²) >= 11 is 1.45. The zero-order valence-corrected chi connectivity index (χ0v) is 16.3. The zero-order valence-electron chi connectivity index (χ0n) is 15.5. The molecule has 0 N–H and O–H groups in total. The molecule has 0 saturated heterocycles. The number of carbonyl (C=O) groups excluding carboxylic acids is 1. The maximum Gasteiger partial charge on any atom is 0.191 e. The zero-order chi connectivity index (χ0) is 18.5. The molecule has 140 valence electrons. The van der Waals surface area contributed by atoms with Gasteiger partial charge >= 0.3 is 0 Å². The Morgan fingerprint density at radius 3 is 2.65 bits per heavy atom. The van der Waals surface area contributed by atoms with E-state index in [0.717, 1.165) is 23.8 Å². The second-order valence-electron chi connectivity index (χ2n) is 6.47.